The van der Waals surface area contributed by atoms with Gasteiger partial charge in [-0.2, -0.15) is 9.29 Å². The Labute approximate surface area is 169 Å². The largest absolute Gasteiger partial charge is 0.338 e. The SMILES string of the molecule is CCN(CC)S(=O)(=O)c1ccc(SCc2nc(Cc3ccccc3)no2)nc1. The summed E-state index contributed by atoms with van der Waals surface area (Å²) in [6, 6.07) is 13.2. The minimum absolute atomic E-state index is 0.198. The van der Waals surface area contributed by atoms with Gasteiger partial charge >= 0.3 is 0 Å². The van der Waals surface area contributed by atoms with Crippen LogP contribution in [0.2, 0.25) is 0 Å². The van der Waals surface area contributed by atoms with Crippen LogP contribution < -0.4 is 0 Å². The average molecular weight is 419 g/mol. The van der Waals surface area contributed by atoms with Gasteiger partial charge < -0.3 is 4.52 Å². The Balaban J connectivity index is 1.60. The van der Waals surface area contributed by atoms with Crippen molar-refractivity contribution in [1.82, 2.24) is 19.4 Å². The second-order valence-corrected chi connectivity index (χ2v) is 8.91. The van der Waals surface area contributed by atoms with Crippen LogP contribution in [0.1, 0.15) is 31.1 Å². The topological polar surface area (TPSA) is 89.2 Å². The number of thioether (sulfide) groups is 1. The number of hydrogen-bond acceptors (Lipinski definition) is 7. The van der Waals surface area contributed by atoms with Gasteiger partial charge in [-0.05, 0) is 17.7 Å². The van der Waals surface area contributed by atoms with E-state index in [0.717, 1.165) is 5.56 Å². The molecule has 9 heteroatoms. The van der Waals surface area contributed by atoms with E-state index in [1.165, 1.54) is 22.3 Å². The molecule has 2 aromatic heterocycles. The lowest BCUT2D eigenvalue weighted by Crippen LogP contribution is -2.30. The Morgan fingerprint density at radius 2 is 1.82 bits per heavy atom. The van der Waals surface area contributed by atoms with E-state index in [1.807, 2.05) is 44.2 Å². The van der Waals surface area contributed by atoms with E-state index in [2.05, 4.69) is 15.1 Å². The Bertz CT molecular complexity index is 986. The fourth-order valence-electron chi connectivity index (χ4n) is 2.65. The Morgan fingerprint density at radius 1 is 1.07 bits per heavy atom. The van der Waals surface area contributed by atoms with Crippen molar-refractivity contribution in [2.75, 3.05) is 13.1 Å². The maximum atomic E-state index is 12.5. The summed E-state index contributed by atoms with van der Waals surface area (Å²) in [6.07, 6.45) is 2.01. The van der Waals surface area contributed by atoms with E-state index in [1.54, 1.807) is 12.1 Å². The second-order valence-electron chi connectivity index (χ2n) is 5.98. The predicted octanol–water partition coefficient (Wildman–Crippen LogP) is 3.38. The summed E-state index contributed by atoms with van der Waals surface area (Å²) in [5.74, 6) is 1.62. The molecule has 0 N–H and O–H groups in total. The zero-order valence-corrected chi connectivity index (χ0v) is 17.4. The van der Waals surface area contributed by atoms with Crippen LogP contribution in [0.4, 0.5) is 0 Å². The average Bonchev–Trinajstić information content (AvgIpc) is 3.15. The standard InChI is InChI=1S/C19H22N4O3S2/c1-3-23(4-2)28(24,25)16-10-11-19(20-13-16)27-14-18-21-17(22-26-18)12-15-8-6-5-7-9-15/h5-11,13H,3-4,12,14H2,1-2H3. The van der Waals surface area contributed by atoms with Crippen molar-refractivity contribution in [2.24, 2.45) is 0 Å². The Hall–Kier alpha value is -2.23. The zero-order valence-electron chi connectivity index (χ0n) is 15.8. The van der Waals surface area contributed by atoms with E-state index in [0.29, 0.717) is 42.0 Å². The van der Waals surface area contributed by atoms with Crippen LogP contribution in [-0.4, -0.2) is 40.9 Å². The van der Waals surface area contributed by atoms with E-state index >= 15 is 0 Å². The van der Waals surface area contributed by atoms with Crippen molar-refractivity contribution in [2.45, 2.75) is 35.9 Å². The Morgan fingerprint density at radius 3 is 2.46 bits per heavy atom. The summed E-state index contributed by atoms with van der Waals surface area (Å²) in [5.41, 5.74) is 1.12. The number of pyridine rings is 1. The van der Waals surface area contributed by atoms with Crippen LogP contribution in [0.5, 0.6) is 0 Å². The number of sulfonamides is 1. The molecule has 0 spiro atoms. The fourth-order valence-corrected chi connectivity index (χ4v) is 4.74. The summed E-state index contributed by atoms with van der Waals surface area (Å²) in [7, 11) is -3.49. The summed E-state index contributed by atoms with van der Waals surface area (Å²) < 4.78 is 31.7. The highest BCUT2D eigenvalue weighted by Crippen LogP contribution is 2.22. The number of aromatic nitrogens is 3. The minimum atomic E-state index is -3.49. The van der Waals surface area contributed by atoms with E-state index < -0.39 is 10.0 Å². The van der Waals surface area contributed by atoms with Crippen LogP contribution in [0, 0.1) is 0 Å². The van der Waals surface area contributed by atoms with Gasteiger partial charge in [-0.3, -0.25) is 0 Å². The van der Waals surface area contributed by atoms with Crippen molar-refractivity contribution < 1.29 is 12.9 Å². The van der Waals surface area contributed by atoms with E-state index in [9.17, 15) is 8.42 Å². The van der Waals surface area contributed by atoms with Gasteiger partial charge in [-0.25, -0.2) is 13.4 Å². The van der Waals surface area contributed by atoms with Crippen LogP contribution in [0.15, 0.2) is 63.1 Å². The van der Waals surface area contributed by atoms with Crippen molar-refractivity contribution in [1.29, 1.82) is 0 Å². The quantitative estimate of drug-likeness (QED) is 0.492. The molecule has 2 heterocycles. The molecule has 0 radical (unpaired) electrons. The molecule has 7 nitrogen and oxygen atoms in total. The lowest BCUT2D eigenvalue weighted by molar-refractivity contribution is 0.386. The molecule has 1 aromatic carbocycles. The molecule has 0 saturated heterocycles. The van der Waals surface area contributed by atoms with Crippen LogP contribution in [-0.2, 0) is 22.2 Å². The minimum Gasteiger partial charge on any atom is -0.338 e. The summed E-state index contributed by atoms with van der Waals surface area (Å²) in [4.78, 5) is 8.84. The van der Waals surface area contributed by atoms with Crippen LogP contribution >= 0.6 is 11.8 Å². The van der Waals surface area contributed by atoms with Gasteiger partial charge in [0.1, 0.15) is 4.90 Å². The van der Waals surface area contributed by atoms with Gasteiger partial charge in [-0.15, -0.1) is 0 Å². The molecule has 0 atom stereocenters. The molecular weight excluding hydrogens is 396 g/mol. The normalized spacial score (nSPS) is 11.8. The molecular formula is C19H22N4O3S2. The van der Waals surface area contributed by atoms with Crippen molar-refractivity contribution in [3.05, 3.63) is 65.9 Å². The zero-order chi connectivity index (χ0) is 20.0. The number of hydrogen-bond donors (Lipinski definition) is 0. The third-order valence-corrected chi connectivity index (χ3v) is 7.07. The Kier molecular flexibility index (Phi) is 6.82. The summed E-state index contributed by atoms with van der Waals surface area (Å²) in [6.45, 7) is 4.49. The lowest BCUT2D eigenvalue weighted by atomic mass is 10.1. The van der Waals surface area contributed by atoms with Crippen molar-refractivity contribution >= 4 is 21.8 Å². The highest BCUT2D eigenvalue weighted by molar-refractivity contribution is 7.98. The molecule has 0 aliphatic rings. The van der Waals surface area contributed by atoms with Gasteiger partial charge in [0.2, 0.25) is 15.9 Å². The molecule has 0 bridgehead atoms. The molecule has 3 rings (SSSR count). The van der Waals surface area contributed by atoms with Gasteiger partial charge in [-0.1, -0.05) is 61.1 Å². The van der Waals surface area contributed by atoms with Gasteiger partial charge in [0.25, 0.3) is 0 Å². The first-order valence-corrected chi connectivity index (χ1v) is 11.4. The predicted molar refractivity (Wildman–Crippen MR) is 107 cm³/mol. The number of rotatable bonds is 9. The molecule has 0 unspecified atom stereocenters. The van der Waals surface area contributed by atoms with Crippen molar-refractivity contribution in [3.8, 4) is 0 Å². The summed E-state index contributed by atoms with van der Waals surface area (Å²) >= 11 is 1.42. The highest BCUT2D eigenvalue weighted by atomic mass is 32.2. The van der Waals surface area contributed by atoms with Crippen LogP contribution in [0.3, 0.4) is 0 Å². The summed E-state index contributed by atoms with van der Waals surface area (Å²) in [5, 5.41) is 4.70. The monoisotopic (exact) mass is 418 g/mol. The molecule has 28 heavy (non-hydrogen) atoms. The molecule has 3 aromatic rings. The van der Waals surface area contributed by atoms with Crippen molar-refractivity contribution in [3.63, 3.8) is 0 Å². The maximum absolute atomic E-state index is 12.5. The number of nitrogens with zero attached hydrogens (tertiary/aromatic N) is 4. The fraction of sp³-hybridized carbons (Fsp3) is 0.316. The molecule has 0 aliphatic heterocycles. The molecule has 0 aliphatic carbocycles. The van der Waals surface area contributed by atoms with Gasteiger partial charge in [0.05, 0.1) is 10.8 Å². The first-order chi connectivity index (χ1) is 13.5. The first-order valence-electron chi connectivity index (χ1n) is 8.97. The third kappa shape index (κ3) is 4.98. The molecule has 0 amide bonds. The lowest BCUT2D eigenvalue weighted by Gasteiger charge is -2.18. The molecule has 148 valence electrons. The van der Waals surface area contributed by atoms with E-state index in [-0.39, 0.29) is 4.90 Å². The first kappa shape index (κ1) is 20.5. The van der Waals surface area contributed by atoms with Gasteiger partial charge in [0, 0.05) is 25.7 Å². The smallest absolute Gasteiger partial charge is 0.244 e. The molecule has 0 saturated carbocycles. The number of benzene rings is 1. The molecule has 0 fully saturated rings. The van der Waals surface area contributed by atoms with Crippen LogP contribution in [0.25, 0.3) is 0 Å². The third-order valence-electron chi connectivity index (χ3n) is 4.11. The van der Waals surface area contributed by atoms with E-state index in [4.69, 9.17) is 4.52 Å². The highest BCUT2D eigenvalue weighted by Gasteiger charge is 2.21. The van der Waals surface area contributed by atoms with Gasteiger partial charge in [0.15, 0.2) is 5.82 Å². The second kappa shape index (κ2) is 9.31. The maximum Gasteiger partial charge on any atom is 0.244 e.